The molecule has 0 bridgehead atoms. The number of carbonyl (C=O) groups is 1. The summed E-state index contributed by atoms with van der Waals surface area (Å²) >= 11 is 0. The summed E-state index contributed by atoms with van der Waals surface area (Å²) in [6, 6.07) is 24.8. The van der Waals surface area contributed by atoms with E-state index in [-0.39, 0.29) is 17.2 Å². The third-order valence-electron chi connectivity index (χ3n) is 4.51. The van der Waals surface area contributed by atoms with Crippen molar-refractivity contribution in [3.63, 3.8) is 0 Å². The van der Waals surface area contributed by atoms with Crippen LogP contribution in [-0.2, 0) is 6.54 Å². The summed E-state index contributed by atoms with van der Waals surface area (Å²) in [5.74, 6) is -0.401. The van der Waals surface area contributed by atoms with Gasteiger partial charge in [0, 0.05) is 25.0 Å². The molecule has 138 valence electrons. The minimum absolute atomic E-state index is 0.0788. The first kappa shape index (κ1) is 17.5. The fourth-order valence-electron chi connectivity index (χ4n) is 3.00. The molecule has 0 atom stereocenters. The van der Waals surface area contributed by atoms with Gasteiger partial charge in [-0.3, -0.25) is 4.79 Å². The average Bonchev–Trinajstić information content (AvgIpc) is 3.28. The molecule has 5 heteroatoms. The Morgan fingerprint density at radius 3 is 2.36 bits per heavy atom. The first-order valence-electron chi connectivity index (χ1n) is 8.96. The largest absolute Gasteiger partial charge is 0.507 e. The van der Waals surface area contributed by atoms with Gasteiger partial charge in [0.05, 0.1) is 11.3 Å². The van der Waals surface area contributed by atoms with Crippen LogP contribution in [0.1, 0.15) is 15.9 Å². The molecule has 4 aromatic rings. The number of benzene rings is 3. The molecular formula is C23H19N3O2. The Kier molecular flexibility index (Phi) is 4.89. The molecule has 0 unspecified atom stereocenters. The number of hydrogen-bond acceptors (Lipinski definition) is 3. The maximum Gasteiger partial charge on any atom is 0.255 e. The van der Waals surface area contributed by atoms with Gasteiger partial charge in [-0.1, -0.05) is 54.6 Å². The maximum absolute atomic E-state index is 12.4. The third kappa shape index (κ3) is 3.78. The molecule has 1 amide bonds. The highest BCUT2D eigenvalue weighted by molar-refractivity contribution is 5.97. The summed E-state index contributed by atoms with van der Waals surface area (Å²) in [5, 5.41) is 17.2. The molecule has 2 N–H and O–H groups in total. The molecule has 28 heavy (non-hydrogen) atoms. The SMILES string of the molecule is O=C(NCc1ccc(-c2ccccc2)cc1)c1ccc(-n2cccn2)cc1O. The number of phenolic OH excluding ortho intramolecular Hbond substituents is 1. The number of rotatable bonds is 5. The van der Waals surface area contributed by atoms with Crippen LogP contribution in [0.3, 0.4) is 0 Å². The number of aromatic nitrogens is 2. The standard InChI is InChI=1S/C23H19N3O2/c27-22-15-20(26-14-4-13-25-26)11-12-21(22)23(28)24-16-17-7-9-19(10-8-17)18-5-2-1-3-6-18/h1-15,27H,16H2,(H,24,28). The molecule has 4 rings (SSSR count). The fourth-order valence-corrected chi connectivity index (χ4v) is 3.00. The van der Waals surface area contributed by atoms with Crippen molar-refractivity contribution in [1.29, 1.82) is 0 Å². The molecule has 0 fully saturated rings. The smallest absolute Gasteiger partial charge is 0.255 e. The van der Waals surface area contributed by atoms with Crippen LogP contribution in [0, 0.1) is 0 Å². The van der Waals surface area contributed by atoms with Gasteiger partial charge in [0.15, 0.2) is 0 Å². The Balaban J connectivity index is 1.42. The van der Waals surface area contributed by atoms with Crippen molar-refractivity contribution in [2.24, 2.45) is 0 Å². The number of carbonyl (C=O) groups excluding carboxylic acids is 1. The summed E-state index contributed by atoms with van der Waals surface area (Å²) < 4.78 is 1.62. The lowest BCUT2D eigenvalue weighted by Gasteiger charge is -2.09. The average molecular weight is 369 g/mol. The van der Waals surface area contributed by atoms with Crippen LogP contribution < -0.4 is 5.32 Å². The van der Waals surface area contributed by atoms with Gasteiger partial charge in [-0.05, 0) is 34.9 Å². The molecule has 1 aromatic heterocycles. The van der Waals surface area contributed by atoms with Gasteiger partial charge in [0.1, 0.15) is 5.75 Å². The van der Waals surface area contributed by atoms with Crippen molar-refractivity contribution in [3.8, 4) is 22.6 Å². The molecule has 0 saturated heterocycles. The van der Waals surface area contributed by atoms with E-state index in [9.17, 15) is 9.90 Å². The molecule has 0 saturated carbocycles. The van der Waals surface area contributed by atoms with Crippen molar-refractivity contribution in [3.05, 3.63) is 102 Å². The predicted molar refractivity (Wildman–Crippen MR) is 108 cm³/mol. The van der Waals surface area contributed by atoms with Gasteiger partial charge in [0.25, 0.3) is 5.91 Å². The van der Waals surface area contributed by atoms with Gasteiger partial charge in [0.2, 0.25) is 0 Å². The van der Waals surface area contributed by atoms with Crippen LogP contribution in [0.4, 0.5) is 0 Å². The molecule has 0 radical (unpaired) electrons. The van der Waals surface area contributed by atoms with E-state index in [4.69, 9.17) is 0 Å². The number of amides is 1. The van der Waals surface area contributed by atoms with E-state index in [0.29, 0.717) is 12.2 Å². The zero-order valence-corrected chi connectivity index (χ0v) is 15.1. The zero-order valence-electron chi connectivity index (χ0n) is 15.1. The highest BCUT2D eigenvalue weighted by Gasteiger charge is 2.12. The normalized spacial score (nSPS) is 10.6. The third-order valence-corrected chi connectivity index (χ3v) is 4.51. The number of aromatic hydroxyl groups is 1. The second-order valence-corrected chi connectivity index (χ2v) is 6.40. The van der Waals surface area contributed by atoms with Crippen molar-refractivity contribution in [2.75, 3.05) is 0 Å². The molecule has 0 aliphatic carbocycles. The molecule has 5 nitrogen and oxygen atoms in total. The van der Waals surface area contributed by atoms with E-state index in [2.05, 4.69) is 22.5 Å². The van der Waals surface area contributed by atoms with Gasteiger partial charge >= 0.3 is 0 Å². The van der Waals surface area contributed by atoms with E-state index < -0.39 is 0 Å². The Morgan fingerprint density at radius 2 is 1.68 bits per heavy atom. The topological polar surface area (TPSA) is 67.2 Å². The monoisotopic (exact) mass is 369 g/mol. The summed E-state index contributed by atoms with van der Waals surface area (Å²) in [6.45, 7) is 0.383. The van der Waals surface area contributed by atoms with E-state index in [1.807, 2.05) is 42.5 Å². The summed E-state index contributed by atoms with van der Waals surface area (Å²) in [5.41, 5.74) is 4.19. The molecule has 1 heterocycles. The van der Waals surface area contributed by atoms with Gasteiger partial charge in [-0.2, -0.15) is 5.10 Å². The van der Waals surface area contributed by atoms with Crippen LogP contribution in [0.5, 0.6) is 5.75 Å². The first-order chi connectivity index (χ1) is 13.7. The van der Waals surface area contributed by atoms with Gasteiger partial charge in [-0.25, -0.2) is 4.68 Å². The van der Waals surface area contributed by atoms with Crippen molar-refractivity contribution in [1.82, 2.24) is 15.1 Å². The minimum Gasteiger partial charge on any atom is -0.507 e. The quantitative estimate of drug-likeness (QED) is 0.555. The second kappa shape index (κ2) is 7.80. The lowest BCUT2D eigenvalue weighted by atomic mass is 10.0. The predicted octanol–water partition coefficient (Wildman–Crippen LogP) is 4.17. The lowest BCUT2D eigenvalue weighted by molar-refractivity contribution is 0.0948. The Labute approximate surface area is 162 Å². The highest BCUT2D eigenvalue weighted by atomic mass is 16.3. The number of hydrogen-bond donors (Lipinski definition) is 2. The Morgan fingerprint density at radius 1 is 0.929 bits per heavy atom. The molecular weight excluding hydrogens is 350 g/mol. The van der Waals surface area contributed by atoms with Crippen LogP contribution in [0.15, 0.2) is 91.3 Å². The lowest BCUT2D eigenvalue weighted by Crippen LogP contribution is -2.22. The van der Waals surface area contributed by atoms with Crippen LogP contribution in [0.25, 0.3) is 16.8 Å². The minimum atomic E-state index is -0.323. The van der Waals surface area contributed by atoms with E-state index in [1.54, 1.807) is 35.3 Å². The van der Waals surface area contributed by atoms with E-state index >= 15 is 0 Å². The van der Waals surface area contributed by atoms with E-state index in [0.717, 1.165) is 16.7 Å². The van der Waals surface area contributed by atoms with Crippen molar-refractivity contribution >= 4 is 5.91 Å². The molecule has 0 aliphatic rings. The number of nitrogens with zero attached hydrogens (tertiary/aromatic N) is 2. The number of nitrogens with one attached hydrogen (secondary N) is 1. The van der Waals surface area contributed by atoms with Gasteiger partial charge < -0.3 is 10.4 Å². The Bertz CT molecular complexity index is 1070. The van der Waals surface area contributed by atoms with Crippen LogP contribution in [0.2, 0.25) is 0 Å². The molecule has 0 spiro atoms. The highest BCUT2D eigenvalue weighted by Crippen LogP contribution is 2.22. The van der Waals surface area contributed by atoms with Crippen molar-refractivity contribution in [2.45, 2.75) is 6.54 Å². The van der Waals surface area contributed by atoms with Crippen LogP contribution in [-0.4, -0.2) is 20.8 Å². The molecule has 3 aromatic carbocycles. The summed E-state index contributed by atoms with van der Waals surface area (Å²) in [4.78, 5) is 12.4. The van der Waals surface area contributed by atoms with Gasteiger partial charge in [-0.15, -0.1) is 0 Å². The van der Waals surface area contributed by atoms with E-state index in [1.165, 1.54) is 6.07 Å². The second-order valence-electron chi connectivity index (χ2n) is 6.40. The first-order valence-corrected chi connectivity index (χ1v) is 8.96. The number of phenols is 1. The summed E-state index contributed by atoms with van der Waals surface area (Å²) in [6.07, 6.45) is 3.42. The maximum atomic E-state index is 12.4. The Hall–Kier alpha value is -3.86. The van der Waals surface area contributed by atoms with Crippen molar-refractivity contribution < 1.29 is 9.90 Å². The zero-order chi connectivity index (χ0) is 19.3. The fraction of sp³-hybridized carbons (Fsp3) is 0.0435. The molecule has 0 aliphatic heterocycles. The summed E-state index contributed by atoms with van der Waals surface area (Å²) in [7, 11) is 0. The van der Waals surface area contributed by atoms with Crippen LogP contribution >= 0.6 is 0 Å².